The maximum Gasteiger partial charge on any atom is 0.256 e. The van der Waals surface area contributed by atoms with E-state index in [2.05, 4.69) is 15.4 Å². The van der Waals surface area contributed by atoms with Gasteiger partial charge in [0.1, 0.15) is 11.6 Å². The molecule has 0 saturated heterocycles. The molecule has 146 valence electrons. The van der Waals surface area contributed by atoms with E-state index in [0.717, 1.165) is 6.07 Å². The van der Waals surface area contributed by atoms with Crippen LogP contribution >= 0.6 is 0 Å². The van der Waals surface area contributed by atoms with Crippen molar-refractivity contribution in [1.82, 2.24) is 14.8 Å². The minimum atomic E-state index is -0.845. The van der Waals surface area contributed by atoms with Gasteiger partial charge in [0.2, 0.25) is 0 Å². The molecule has 1 amide bonds. The lowest BCUT2D eigenvalue weighted by Gasteiger charge is -2.14. The Morgan fingerprint density at radius 3 is 2.52 bits per heavy atom. The standard InChI is InChI=1S/C22H18F2N4O/c1-12-9-17(19-13(2)27-28(3)21(19)25-12)22(29)26-20-16(10-15(23)11-18(20)24)14-7-5-4-6-8-14/h4-11H,1-3H3,(H,26,29). The Morgan fingerprint density at radius 2 is 1.79 bits per heavy atom. The summed E-state index contributed by atoms with van der Waals surface area (Å²) in [6, 6.07) is 12.4. The van der Waals surface area contributed by atoms with E-state index in [0.29, 0.717) is 33.5 Å². The number of halogens is 2. The average molecular weight is 392 g/mol. The smallest absolute Gasteiger partial charge is 0.256 e. The molecule has 0 saturated carbocycles. The van der Waals surface area contributed by atoms with Gasteiger partial charge >= 0.3 is 0 Å². The molecule has 0 fully saturated rings. The van der Waals surface area contributed by atoms with Crippen LogP contribution in [0.1, 0.15) is 21.7 Å². The molecule has 29 heavy (non-hydrogen) atoms. The highest BCUT2D eigenvalue weighted by atomic mass is 19.1. The quantitative estimate of drug-likeness (QED) is 0.546. The molecular weight excluding hydrogens is 374 g/mol. The molecule has 0 spiro atoms. The van der Waals surface area contributed by atoms with Crippen LogP contribution < -0.4 is 5.32 Å². The number of aryl methyl sites for hydroxylation is 3. The molecule has 0 aliphatic heterocycles. The summed E-state index contributed by atoms with van der Waals surface area (Å²) in [7, 11) is 1.75. The summed E-state index contributed by atoms with van der Waals surface area (Å²) in [5, 5.41) is 7.55. The number of hydrogen-bond donors (Lipinski definition) is 1. The van der Waals surface area contributed by atoms with Crippen molar-refractivity contribution in [1.29, 1.82) is 0 Å². The Bertz CT molecular complexity index is 1250. The molecule has 4 aromatic rings. The van der Waals surface area contributed by atoms with Crippen LogP contribution in [0.5, 0.6) is 0 Å². The Balaban J connectivity index is 1.84. The molecule has 2 aromatic heterocycles. The van der Waals surface area contributed by atoms with E-state index in [1.54, 1.807) is 62.0 Å². The highest BCUT2D eigenvalue weighted by Crippen LogP contribution is 2.32. The lowest BCUT2D eigenvalue weighted by molar-refractivity contribution is 0.102. The van der Waals surface area contributed by atoms with E-state index in [9.17, 15) is 13.6 Å². The van der Waals surface area contributed by atoms with Gasteiger partial charge in [-0.15, -0.1) is 0 Å². The number of nitrogens with one attached hydrogen (secondary N) is 1. The molecule has 2 aromatic carbocycles. The van der Waals surface area contributed by atoms with E-state index in [1.807, 2.05) is 0 Å². The number of carbonyl (C=O) groups is 1. The number of fused-ring (bicyclic) bond motifs is 1. The van der Waals surface area contributed by atoms with Gasteiger partial charge in [0.15, 0.2) is 5.65 Å². The third kappa shape index (κ3) is 3.35. The lowest BCUT2D eigenvalue weighted by atomic mass is 10.0. The fourth-order valence-electron chi connectivity index (χ4n) is 3.48. The molecule has 0 atom stereocenters. The van der Waals surface area contributed by atoms with Crippen molar-refractivity contribution in [3.05, 3.63) is 77.1 Å². The van der Waals surface area contributed by atoms with Crippen molar-refractivity contribution in [2.45, 2.75) is 13.8 Å². The summed E-state index contributed by atoms with van der Waals surface area (Å²) in [6.07, 6.45) is 0. The summed E-state index contributed by atoms with van der Waals surface area (Å²) in [5.41, 5.74) is 2.95. The van der Waals surface area contributed by atoms with Crippen LogP contribution in [0.3, 0.4) is 0 Å². The van der Waals surface area contributed by atoms with Crippen LogP contribution in [-0.4, -0.2) is 20.7 Å². The first-order valence-corrected chi connectivity index (χ1v) is 9.02. The molecule has 0 unspecified atom stereocenters. The predicted octanol–water partition coefficient (Wildman–Crippen LogP) is 4.78. The average Bonchev–Trinajstić information content (AvgIpc) is 2.97. The van der Waals surface area contributed by atoms with Gasteiger partial charge in [-0.1, -0.05) is 30.3 Å². The molecular formula is C22H18F2N4O. The molecule has 0 aliphatic rings. The summed E-state index contributed by atoms with van der Waals surface area (Å²) in [5.74, 6) is -2.08. The Morgan fingerprint density at radius 1 is 1.07 bits per heavy atom. The van der Waals surface area contributed by atoms with Gasteiger partial charge in [-0.25, -0.2) is 13.8 Å². The Hall–Kier alpha value is -3.61. The number of aromatic nitrogens is 3. The molecule has 0 aliphatic carbocycles. The van der Waals surface area contributed by atoms with Gasteiger partial charge < -0.3 is 5.32 Å². The van der Waals surface area contributed by atoms with Gasteiger partial charge in [-0.05, 0) is 31.5 Å². The molecule has 4 rings (SSSR count). The number of rotatable bonds is 3. The monoisotopic (exact) mass is 392 g/mol. The van der Waals surface area contributed by atoms with E-state index in [-0.39, 0.29) is 11.3 Å². The summed E-state index contributed by atoms with van der Waals surface area (Å²) in [4.78, 5) is 17.6. The third-order valence-electron chi connectivity index (χ3n) is 4.72. The van der Waals surface area contributed by atoms with Crippen molar-refractivity contribution in [2.75, 3.05) is 5.32 Å². The van der Waals surface area contributed by atoms with E-state index >= 15 is 0 Å². The van der Waals surface area contributed by atoms with Crippen LogP contribution in [0.25, 0.3) is 22.2 Å². The number of anilines is 1. The molecule has 7 heteroatoms. The fourth-order valence-corrected chi connectivity index (χ4v) is 3.48. The van der Waals surface area contributed by atoms with Crippen LogP contribution in [-0.2, 0) is 7.05 Å². The summed E-state index contributed by atoms with van der Waals surface area (Å²) in [6.45, 7) is 3.55. The number of benzene rings is 2. The molecule has 0 radical (unpaired) electrons. The first kappa shape index (κ1) is 18.7. The third-order valence-corrected chi connectivity index (χ3v) is 4.72. The second-order valence-electron chi connectivity index (χ2n) is 6.85. The maximum absolute atomic E-state index is 14.7. The van der Waals surface area contributed by atoms with E-state index < -0.39 is 17.5 Å². The van der Waals surface area contributed by atoms with Gasteiger partial charge in [0, 0.05) is 24.4 Å². The second kappa shape index (κ2) is 7.09. The second-order valence-corrected chi connectivity index (χ2v) is 6.85. The zero-order valence-electron chi connectivity index (χ0n) is 16.1. The van der Waals surface area contributed by atoms with Gasteiger partial charge in [-0.3, -0.25) is 9.48 Å². The number of carbonyl (C=O) groups excluding carboxylic acids is 1. The van der Waals surface area contributed by atoms with Crippen molar-refractivity contribution >= 4 is 22.6 Å². The highest BCUT2D eigenvalue weighted by molar-refractivity contribution is 6.13. The van der Waals surface area contributed by atoms with E-state index in [1.165, 1.54) is 6.07 Å². The van der Waals surface area contributed by atoms with Crippen molar-refractivity contribution < 1.29 is 13.6 Å². The topological polar surface area (TPSA) is 59.8 Å². The first-order chi connectivity index (χ1) is 13.8. The zero-order chi connectivity index (χ0) is 20.7. The van der Waals surface area contributed by atoms with Crippen molar-refractivity contribution in [3.63, 3.8) is 0 Å². The summed E-state index contributed by atoms with van der Waals surface area (Å²) >= 11 is 0. The molecule has 5 nitrogen and oxygen atoms in total. The normalized spacial score (nSPS) is 11.1. The first-order valence-electron chi connectivity index (χ1n) is 9.02. The van der Waals surface area contributed by atoms with Gasteiger partial charge in [0.05, 0.1) is 22.3 Å². The van der Waals surface area contributed by atoms with Crippen molar-refractivity contribution in [3.8, 4) is 11.1 Å². The number of hydrogen-bond acceptors (Lipinski definition) is 3. The molecule has 1 N–H and O–H groups in total. The zero-order valence-corrected chi connectivity index (χ0v) is 16.1. The maximum atomic E-state index is 14.7. The van der Waals surface area contributed by atoms with Crippen LogP contribution in [0, 0.1) is 25.5 Å². The number of pyridine rings is 1. The van der Waals surface area contributed by atoms with Gasteiger partial charge in [0.25, 0.3) is 5.91 Å². The van der Waals surface area contributed by atoms with Crippen LogP contribution in [0.15, 0.2) is 48.5 Å². The predicted molar refractivity (Wildman–Crippen MR) is 108 cm³/mol. The Labute approximate surface area is 166 Å². The lowest BCUT2D eigenvalue weighted by Crippen LogP contribution is -2.15. The van der Waals surface area contributed by atoms with Gasteiger partial charge in [-0.2, -0.15) is 5.10 Å². The van der Waals surface area contributed by atoms with E-state index in [4.69, 9.17) is 0 Å². The highest BCUT2D eigenvalue weighted by Gasteiger charge is 2.21. The van der Waals surface area contributed by atoms with Crippen LogP contribution in [0.2, 0.25) is 0 Å². The minimum Gasteiger partial charge on any atom is -0.319 e. The minimum absolute atomic E-state index is 0.0771. The number of amides is 1. The van der Waals surface area contributed by atoms with Crippen LogP contribution in [0.4, 0.5) is 14.5 Å². The summed E-state index contributed by atoms with van der Waals surface area (Å²) < 4.78 is 30.2. The largest absolute Gasteiger partial charge is 0.319 e. The Kier molecular flexibility index (Phi) is 4.58. The fraction of sp³-hybridized carbons (Fsp3) is 0.136. The molecule has 2 heterocycles. The number of nitrogens with zero attached hydrogens (tertiary/aromatic N) is 3. The van der Waals surface area contributed by atoms with Crippen molar-refractivity contribution in [2.24, 2.45) is 7.05 Å². The SMILES string of the molecule is Cc1cc(C(=O)Nc2c(F)cc(F)cc2-c2ccccc2)c2c(C)nn(C)c2n1. The molecule has 0 bridgehead atoms.